The number of carbonyl (C=O) groups is 2. The van der Waals surface area contributed by atoms with Crippen molar-refractivity contribution in [2.75, 3.05) is 6.61 Å². The Morgan fingerprint density at radius 3 is 2.78 bits per heavy atom. The van der Waals surface area contributed by atoms with Gasteiger partial charge in [0, 0.05) is 6.04 Å². The van der Waals surface area contributed by atoms with Gasteiger partial charge < -0.3 is 15.2 Å². The summed E-state index contributed by atoms with van der Waals surface area (Å²) in [5, 5.41) is 12.8. The Hall–Kier alpha value is -2.04. The summed E-state index contributed by atoms with van der Waals surface area (Å²) in [5.74, 6) is -0.0828. The molecule has 0 saturated heterocycles. The van der Waals surface area contributed by atoms with Crippen molar-refractivity contribution < 1.29 is 19.4 Å². The van der Waals surface area contributed by atoms with Crippen molar-refractivity contribution in [1.29, 1.82) is 0 Å². The van der Waals surface area contributed by atoms with Gasteiger partial charge >= 0.3 is 5.97 Å². The van der Waals surface area contributed by atoms with Crippen molar-refractivity contribution >= 4 is 11.9 Å². The smallest absolute Gasteiger partial charge is 0.342 e. The molecular weight excluding hydrogens is 294 g/mol. The number of ether oxygens (including phenoxy) is 1. The van der Waals surface area contributed by atoms with E-state index in [2.05, 4.69) is 19.2 Å². The third-order valence-corrected chi connectivity index (χ3v) is 4.85. The number of phenolic OH excluding ortho intramolecular Hbond substituents is 1. The third kappa shape index (κ3) is 4.24. The van der Waals surface area contributed by atoms with Gasteiger partial charge in [0.15, 0.2) is 6.61 Å². The van der Waals surface area contributed by atoms with E-state index < -0.39 is 5.97 Å². The van der Waals surface area contributed by atoms with E-state index in [1.54, 1.807) is 19.1 Å². The van der Waals surface area contributed by atoms with E-state index >= 15 is 0 Å². The van der Waals surface area contributed by atoms with Crippen LogP contribution in [0.2, 0.25) is 0 Å². The summed E-state index contributed by atoms with van der Waals surface area (Å²) in [7, 11) is 0. The third-order valence-electron chi connectivity index (χ3n) is 4.85. The molecule has 1 fully saturated rings. The molecule has 0 aromatic heterocycles. The molecule has 0 unspecified atom stereocenters. The minimum Gasteiger partial charge on any atom is -0.507 e. The molecule has 1 aromatic carbocycles. The summed E-state index contributed by atoms with van der Waals surface area (Å²) in [6.45, 7) is 5.71. The molecule has 1 aliphatic carbocycles. The number of aryl methyl sites for hydroxylation is 1. The number of benzene rings is 1. The van der Waals surface area contributed by atoms with Gasteiger partial charge in [0.1, 0.15) is 11.3 Å². The molecule has 126 valence electrons. The van der Waals surface area contributed by atoms with Gasteiger partial charge in [-0.1, -0.05) is 38.8 Å². The van der Waals surface area contributed by atoms with Crippen molar-refractivity contribution in [1.82, 2.24) is 5.32 Å². The fraction of sp³-hybridized carbons (Fsp3) is 0.556. The summed E-state index contributed by atoms with van der Waals surface area (Å²) >= 11 is 0. The number of para-hydroxylation sites is 1. The lowest BCUT2D eigenvalue weighted by atomic mass is 9.78. The maximum absolute atomic E-state index is 12.0. The van der Waals surface area contributed by atoms with E-state index in [9.17, 15) is 14.7 Å². The first kappa shape index (κ1) is 17.3. The van der Waals surface area contributed by atoms with Crippen molar-refractivity contribution in [3.05, 3.63) is 29.3 Å². The predicted octanol–water partition coefficient (Wildman–Crippen LogP) is 2.80. The Morgan fingerprint density at radius 1 is 1.30 bits per heavy atom. The van der Waals surface area contributed by atoms with E-state index in [0.717, 1.165) is 12.8 Å². The van der Waals surface area contributed by atoms with E-state index in [4.69, 9.17) is 4.74 Å². The highest BCUT2D eigenvalue weighted by molar-refractivity contribution is 5.94. The second kappa shape index (κ2) is 7.49. The largest absolute Gasteiger partial charge is 0.507 e. The lowest BCUT2D eigenvalue weighted by Crippen LogP contribution is -2.45. The lowest BCUT2D eigenvalue weighted by Gasteiger charge is -2.34. The van der Waals surface area contributed by atoms with Crippen LogP contribution in [0.15, 0.2) is 18.2 Å². The van der Waals surface area contributed by atoms with Crippen LogP contribution in [0.1, 0.15) is 49.0 Å². The highest BCUT2D eigenvalue weighted by Gasteiger charge is 2.28. The Kier molecular flexibility index (Phi) is 5.64. The van der Waals surface area contributed by atoms with Crippen LogP contribution in [0.3, 0.4) is 0 Å². The van der Waals surface area contributed by atoms with Crippen LogP contribution in [0.5, 0.6) is 5.75 Å². The molecule has 5 nitrogen and oxygen atoms in total. The van der Waals surface area contributed by atoms with Gasteiger partial charge in [-0.15, -0.1) is 0 Å². The number of carbonyl (C=O) groups excluding carboxylic acids is 2. The van der Waals surface area contributed by atoms with Crippen LogP contribution in [-0.4, -0.2) is 29.6 Å². The second-order valence-electron chi connectivity index (χ2n) is 6.49. The topological polar surface area (TPSA) is 75.6 Å². The van der Waals surface area contributed by atoms with Crippen LogP contribution in [-0.2, 0) is 9.53 Å². The van der Waals surface area contributed by atoms with Gasteiger partial charge in [-0.25, -0.2) is 4.79 Å². The van der Waals surface area contributed by atoms with Crippen LogP contribution in [0, 0.1) is 18.8 Å². The highest BCUT2D eigenvalue weighted by atomic mass is 16.5. The van der Waals surface area contributed by atoms with Crippen LogP contribution in [0.25, 0.3) is 0 Å². The zero-order valence-corrected chi connectivity index (χ0v) is 14.0. The average Bonchev–Trinajstić information content (AvgIpc) is 2.52. The number of hydrogen-bond donors (Lipinski definition) is 2. The molecule has 0 radical (unpaired) electrons. The number of esters is 1. The van der Waals surface area contributed by atoms with Crippen molar-refractivity contribution in [3.8, 4) is 5.75 Å². The molecule has 1 amide bonds. The molecule has 0 aliphatic heterocycles. The molecular formula is C18H25NO4. The SMILES string of the molecule is Cc1cccc(C(=O)OCC(=O)N[C@@H]2CCC[C@@H](C)[C@@H]2C)c1O. The standard InChI is InChI=1S/C18H25NO4/c1-11-6-5-9-15(13(11)3)19-16(20)10-23-18(22)14-8-4-7-12(2)17(14)21/h4,7-8,11,13,15,21H,5-6,9-10H2,1-3H3,(H,19,20)/t11-,13+,15-/m1/s1. The number of amides is 1. The molecule has 0 spiro atoms. The number of hydrogen-bond acceptors (Lipinski definition) is 4. The Morgan fingerprint density at radius 2 is 2.04 bits per heavy atom. The molecule has 0 bridgehead atoms. The molecule has 3 atom stereocenters. The minimum absolute atomic E-state index is 0.0810. The van der Waals surface area contributed by atoms with Crippen molar-refractivity contribution in [2.24, 2.45) is 11.8 Å². The molecule has 0 heterocycles. The van der Waals surface area contributed by atoms with Crippen LogP contribution < -0.4 is 5.32 Å². The van der Waals surface area contributed by atoms with Crippen molar-refractivity contribution in [3.63, 3.8) is 0 Å². The lowest BCUT2D eigenvalue weighted by molar-refractivity contribution is -0.125. The molecule has 1 saturated carbocycles. The van der Waals surface area contributed by atoms with E-state index in [1.807, 2.05) is 0 Å². The zero-order chi connectivity index (χ0) is 17.0. The maximum Gasteiger partial charge on any atom is 0.342 e. The monoisotopic (exact) mass is 319 g/mol. The number of rotatable bonds is 4. The van der Waals surface area contributed by atoms with E-state index in [1.165, 1.54) is 12.5 Å². The first-order valence-electron chi connectivity index (χ1n) is 8.15. The van der Waals surface area contributed by atoms with E-state index in [-0.39, 0.29) is 29.9 Å². The van der Waals surface area contributed by atoms with Crippen LogP contribution in [0.4, 0.5) is 0 Å². The fourth-order valence-corrected chi connectivity index (χ4v) is 3.07. The number of nitrogens with one attached hydrogen (secondary N) is 1. The average molecular weight is 319 g/mol. The second-order valence-corrected chi connectivity index (χ2v) is 6.49. The number of aromatic hydroxyl groups is 1. The molecule has 2 rings (SSSR count). The minimum atomic E-state index is -0.689. The van der Waals surface area contributed by atoms with Gasteiger partial charge in [-0.2, -0.15) is 0 Å². The van der Waals surface area contributed by atoms with Gasteiger partial charge in [-0.05, 0) is 36.8 Å². The van der Waals surface area contributed by atoms with Gasteiger partial charge in [0.05, 0.1) is 0 Å². The summed E-state index contributed by atoms with van der Waals surface area (Å²) in [5.41, 5.74) is 0.673. The highest BCUT2D eigenvalue weighted by Crippen LogP contribution is 2.29. The number of phenols is 1. The predicted molar refractivity (Wildman–Crippen MR) is 87.2 cm³/mol. The molecule has 23 heavy (non-hydrogen) atoms. The quantitative estimate of drug-likeness (QED) is 0.837. The first-order valence-corrected chi connectivity index (χ1v) is 8.15. The summed E-state index contributed by atoms with van der Waals surface area (Å²) < 4.78 is 5.02. The fourth-order valence-electron chi connectivity index (χ4n) is 3.07. The molecule has 5 heteroatoms. The summed E-state index contributed by atoms with van der Waals surface area (Å²) in [6, 6.07) is 4.98. The first-order chi connectivity index (χ1) is 10.9. The summed E-state index contributed by atoms with van der Waals surface area (Å²) in [6.07, 6.45) is 3.26. The Labute approximate surface area is 137 Å². The molecule has 1 aromatic rings. The maximum atomic E-state index is 12.0. The normalized spacial score (nSPS) is 24.0. The summed E-state index contributed by atoms with van der Waals surface area (Å²) in [4.78, 5) is 24.0. The van der Waals surface area contributed by atoms with Crippen molar-refractivity contribution in [2.45, 2.75) is 46.1 Å². The molecule has 2 N–H and O–H groups in total. The Bertz CT molecular complexity index is 584. The Balaban J connectivity index is 1.86. The van der Waals surface area contributed by atoms with Gasteiger partial charge in [0.2, 0.25) is 0 Å². The van der Waals surface area contributed by atoms with Gasteiger partial charge in [-0.3, -0.25) is 4.79 Å². The molecule has 1 aliphatic rings. The van der Waals surface area contributed by atoms with Gasteiger partial charge in [0.25, 0.3) is 5.91 Å². The zero-order valence-electron chi connectivity index (χ0n) is 14.0. The van der Waals surface area contributed by atoms with Crippen LogP contribution >= 0.6 is 0 Å². The van der Waals surface area contributed by atoms with E-state index in [0.29, 0.717) is 17.4 Å².